The molecule has 2 aromatic rings. The largest absolute Gasteiger partial charge is 0.269 e. The molecule has 0 fully saturated rings. The van der Waals surface area contributed by atoms with Gasteiger partial charge in [0.05, 0.1) is 10.0 Å². The maximum atomic E-state index is 11.9. The Morgan fingerprint density at radius 2 is 1.74 bits per heavy atom. The first-order valence-electron chi connectivity index (χ1n) is 6.76. The minimum Gasteiger partial charge on any atom is -0.268 e. The Morgan fingerprint density at radius 1 is 1.00 bits per heavy atom. The van der Waals surface area contributed by atoms with Gasteiger partial charge >= 0.3 is 0 Å². The molecule has 4 nitrogen and oxygen atoms in total. The van der Waals surface area contributed by atoms with E-state index in [9.17, 15) is 9.59 Å². The molecule has 0 aliphatic rings. The summed E-state index contributed by atoms with van der Waals surface area (Å²) in [6, 6.07) is 12.1. The molecule has 0 heterocycles. The van der Waals surface area contributed by atoms with Crippen LogP contribution in [-0.2, 0) is 4.79 Å². The summed E-state index contributed by atoms with van der Waals surface area (Å²) in [6.45, 7) is 1.82. The van der Waals surface area contributed by atoms with Crippen molar-refractivity contribution in [2.24, 2.45) is 0 Å². The third-order valence-corrected chi connectivity index (χ3v) is 3.80. The van der Waals surface area contributed by atoms with E-state index in [0.717, 1.165) is 11.1 Å². The number of hydrogen-bond acceptors (Lipinski definition) is 2. The summed E-state index contributed by atoms with van der Waals surface area (Å²) in [5, 5.41) is 0.848. The van der Waals surface area contributed by atoms with E-state index < -0.39 is 5.91 Å². The minimum absolute atomic E-state index is 0.376. The van der Waals surface area contributed by atoms with Gasteiger partial charge in [-0.3, -0.25) is 20.4 Å². The molecule has 2 aromatic carbocycles. The number of carbonyl (C=O) groups excluding carboxylic acids is 2. The van der Waals surface area contributed by atoms with E-state index in [-0.39, 0.29) is 5.91 Å². The van der Waals surface area contributed by atoms with E-state index in [2.05, 4.69) is 10.9 Å². The van der Waals surface area contributed by atoms with E-state index in [1.807, 2.05) is 19.1 Å². The Labute approximate surface area is 144 Å². The van der Waals surface area contributed by atoms with Crippen molar-refractivity contribution >= 4 is 41.1 Å². The number of nitrogens with one attached hydrogen (secondary N) is 2. The molecule has 0 aliphatic carbocycles. The lowest BCUT2D eigenvalue weighted by Gasteiger charge is -2.07. The van der Waals surface area contributed by atoms with Crippen LogP contribution in [0.3, 0.4) is 0 Å². The zero-order chi connectivity index (χ0) is 16.8. The van der Waals surface area contributed by atoms with Gasteiger partial charge in [0, 0.05) is 11.6 Å². The zero-order valence-electron chi connectivity index (χ0n) is 12.3. The van der Waals surface area contributed by atoms with Crippen molar-refractivity contribution in [2.45, 2.75) is 6.92 Å². The summed E-state index contributed by atoms with van der Waals surface area (Å²) in [5.41, 5.74) is 6.73. The SMILES string of the molecule is Cc1ccccc1C(=O)NNC(=O)/C=C/c1ccc(Cl)c(Cl)c1. The molecule has 0 saturated carbocycles. The third kappa shape index (κ3) is 4.84. The molecule has 2 amide bonds. The highest BCUT2D eigenvalue weighted by atomic mass is 35.5. The van der Waals surface area contributed by atoms with Gasteiger partial charge in [-0.05, 0) is 42.3 Å². The van der Waals surface area contributed by atoms with Crippen LogP contribution < -0.4 is 10.9 Å². The Hall–Kier alpha value is -2.30. The Morgan fingerprint density at radius 3 is 2.43 bits per heavy atom. The molecule has 0 radical (unpaired) electrons. The number of benzene rings is 2. The molecule has 0 saturated heterocycles. The number of rotatable bonds is 3. The van der Waals surface area contributed by atoms with Crippen LogP contribution in [-0.4, -0.2) is 11.8 Å². The van der Waals surface area contributed by atoms with Gasteiger partial charge in [0.25, 0.3) is 11.8 Å². The second-order valence-electron chi connectivity index (χ2n) is 4.77. The lowest BCUT2D eigenvalue weighted by Crippen LogP contribution is -2.41. The highest BCUT2D eigenvalue weighted by Crippen LogP contribution is 2.23. The van der Waals surface area contributed by atoms with Crippen LogP contribution in [0.25, 0.3) is 6.08 Å². The predicted octanol–water partition coefficient (Wildman–Crippen LogP) is 3.78. The molecule has 0 aliphatic heterocycles. The summed E-state index contributed by atoms with van der Waals surface area (Å²) in [7, 11) is 0. The molecule has 2 N–H and O–H groups in total. The van der Waals surface area contributed by atoms with Gasteiger partial charge in [-0.1, -0.05) is 47.5 Å². The molecule has 2 rings (SSSR count). The van der Waals surface area contributed by atoms with Crippen molar-refractivity contribution in [1.29, 1.82) is 0 Å². The van der Waals surface area contributed by atoms with Gasteiger partial charge in [-0.25, -0.2) is 0 Å². The van der Waals surface area contributed by atoms with E-state index in [1.54, 1.807) is 36.4 Å². The van der Waals surface area contributed by atoms with Crippen LogP contribution in [0.15, 0.2) is 48.5 Å². The van der Waals surface area contributed by atoms with Gasteiger partial charge in [-0.15, -0.1) is 0 Å². The highest BCUT2D eigenvalue weighted by Gasteiger charge is 2.08. The lowest BCUT2D eigenvalue weighted by atomic mass is 10.1. The third-order valence-electron chi connectivity index (χ3n) is 3.06. The van der Waals surface area contributed by atoms with Crippen molar-refractivity contribution < 1.29 is 9.59 Å². The first kappa shape index (κ1) is 17.1. The summed E-state index contributed by atoms with van der Waals surface area (Å²) >= 11 is 11.7. The molecule has 0 spiro atoms. The van der Waals surface area contributed by atoms with Crippen LogP contribution in [0.1, 0.15) is 21.5 Å². The fourth-order valence-electron chi connectivity index (χ4n) is 1.84. The second-order valence-corrected chi connectivity index (χ2v) is 5.58. The van der Waals surface area contributed by atoms with Gasteiger partial charge < -0.3 is 0 Å². The number of aryl methyl sites for hydroxylation is 1. The zero-order valence-corrected chi connectivity index (χ0v) is 13.8. The van der Waals surface area contributed by atoms with Crippen molar-refractivity contribution in [1.82, 2.24) is 10.9 Å². The first-order valence-corrected chi connectivity index (χ1v) is 7.52. The Kier molecular flexibility index (Phi) is 5.79. The van der Waals surface area contributed by atoms with E-state index in [4.69, 9.17) is 23.2 Å². The average Bonchev–Trinajstić information content (AvgIpc) is 2.54. The fourth-order valence-corrected chi connectivity index (χ4v) is 2.15. The van der Waals surface area contributed by atoms with Crippen molar-refractivity contribution in [3.63, 3.8) is 0 Å². The van der Waals surface area contributed by atoms with Crippen LogP contribution in [0.2, 0.25) is 10.0 Å². The van der Waals surface area contributed by atoms with Crippen LogP contribution in [0.4, 0.5) is 0 Å². The lowest BCUT2D eigenvalue weighted by molar-refractivity contribution is -0.117. The molecule has 0 aromatic heterocycles. The Bertz CT molecular complexity index is 773. The van der Waals surface area contributed by atoms with Gasteiger partial charge in [0.2, 0.25) is 0 Å². The monoisotopic (exact) mass is 348 g/mol. The molecule has 0 bridgehead atoms. The van der Waals surface area contributed by atoms with Gasteiger partial charge in [0.15, 0.2) is 0 Å². The summed E-state index contributed by atoms with van der Waals surface area (Å²) in [6.07, 6.45) is 2.86. The standard InChI is InChI=1S/C17H14Cl2N2O2/c1-11-4-2-3-5-13(11)17(23)21-20-16(22)9-7-12-6-8-14(18)15(19)10-12/h2-10H,1H3,(H,20,22)(H,21,23)/b9-7+. The van der Waals surface area contributed by atoms with E-state index in [0.29, 0.717) is 15.6 Å². The topological polar surface area (TPSA) is 58.2 Å². The summed E-state index contributed by atoms with van der Waals surface area (Å²) < 4.78 is 0. The van der Waals surface area contributed by atoms with Gasteiger partial charge in [-0.2, -0.15) is 0 Å². The number of carbonyl (C=O) groups is 2. The summed E-state index contributed by atoms with van der Waals surface area (Å²) in [4.78, 5) is 23.7. The van der Waals surface area contributed by atoms with Crippen molar-refractivity contribution in [3.8, 4) is 0 Å². The molecular formula is C17H14Cl2N2O2. The highest BCUT2D eigenvalue weighted by molar-refractivity contribution is 6.42. The molecule has 0 unspecified atom stereocenters. The predicted molar refractivity (Wildman–Crippen MR) is 92.3 cm³/mol. The van der Waals surface area contributed by atoms with Gasteiger partial charge in [0.1, 0.15) is 0 Å². The molecule has 118 valence electrons. The second kappa shape index (κ2) is 7.81. The number of hydrazine groups is 1. The minimum atomic E-state index is -0.460. The normalized spacial score (nSPS) is 10.6. The van der Waals surface area contributed by atoms with Crippen LogP contribution in [0.5, 0.6) is 0 Å². The maximum absolute atomic E-state index is 11.9. The van der Waals surface area contributed by atoms with Crippen LogP contribution >= 0.6 is 23.2 Å². The summed E-state index contributed by atoms with van der Waals surface area (Å²) in [5.74, 6) is -0.836. The first-order chi connectivity index (χ1) is 11.0. The smallest absolute Gasteiger partial charge is 0.268 e. The van der Waals surface area contributed by atoms with E-state index >= 15 is 0 Å². The number of hydrogen-bond donors (Lipinski definition) is 2. The Balaban J connectivity index is 1.92. The molecule has 23 heavy (non-hydrogen) atoms. The molecule has 0 atom stereocenters. The molecular weight excluding hydrogens is 335 g/mol. The number of amides is 2. The fraction of sp³-hybridized carbons (Fsp3) is 0.0588. The quantitative estimate of drug-likeness (QED) is 0.655. The van der Waals surface area contributed by atoms with Crippen molar-refractivity contribution in [3.05, 3.63) is 75.3 Å². The van der Waals surface area contributed by atoms with E-state index in [1.165, 1.54) is 6.08 Å². The number of halogens is 2. The van der Waals surface area contributed by atoms with Crippen molar-refractivity contribution in [2.75, 3.05) is 0 Å². The molecule has 6 heteroatoms. The maximum Gasteiger partial charge on any atom is 0.269 e. The average molecular weight is 349 g/mol. The van der Waals surface area contributed by atoms with Crippen LogP contribution in [0, 0.1) is 6.92 Å².